The molecule has 0 aliphatic heterocycles. The number of anilines is 2. The van der Waals surface area contributed by atoms with E-state index in [1.807, 2.05) is 6.07 Å². The molecular weight excluding hydrogens is 258 g/mol. The number of nitrogens with two attached hydrogens (primary N) is 1. The van der Waals surface area contributed by atoms with Crippen LogP contribution in [0.25, 0.3) is 0 Å². The van der Waals surface area contributed by atoms with Crippen LogP contribution in [0, 0.1) is 0 Å². The Morgan fingerprint density at radius 1 is 1.40 bits per heavy atom. The lowest BCUT2D eigenvalue weighted by Crippen LogP contribution is -2.07. The minimum atomic E-state index is -1.000. The first-order chi connectivity index (χ1) is 9.60. The molecule has 0 fully saturated rings. The molecule has 0 aliphatic rings. The van der Waals surface area contributed by atoms with Gasteiger partial charge < -0.3 is 20.9 Å². The maximum absolute atomic E-state index is 11.1. The fraction of sp³-hybridized carbons (Fsp3) is 0.143. The van der Waals surface area contributed by atoms with E-state index in [2.05, 4.69) is 10.3 Å². The summed E-state index contributed by atoms with van der Waals surface area (Å²) in [4.78, 5) is 15.2. The van der Waals surface area contributed by atoms with Crippen molar-refractivity contribution in [2.24, 2.45) is 0 Å². The molecule has 1 heterocycles. The lowest BCUT2D eigenvalue weighted by atomic mass is 10.1. The minimum Gasteiger partial charge on any atom is -0.481 e. The Morgan fingerprint density at radius 2 is 2.20 bits per heavy atom. The van der Waals surface area contributed by atoms with Crippen molar-refractivity contribution in [1.82, 2.24) is 4.98 Å². The van der Waals surface area contributed by atoms with Gasteiger partial charge in [0.15, 0.2) is 0 Å². The topological polar surface area (TPSA) is 97.5 Å². The largest absolute Gasteiger partial charge is 0.481 e. The Bertz CT molecular complexity index is 612. The van der Waals surface area contributed by atoms with Crippen molar-refractivity contribution >= 4 is 17.3 Å². The smallest absolute Gasteiger partial charge is 0.337 e. The van der Waals surface area contributed by atoms with Crippen molar-refractivity contribution in [3.8, 4) is 5.88 Å². The molecule has 0 radical (unpaired) electrons. The Morgan fingerprint density at radius 3 is 2.80 bits per heavy atom. The van der Waals surface area contributed by atoms with Crippen LogP contribution in [0.4, 0.5) is 11.4 Å². The summed E-state index contributed by atoms with van der Waals surface area (Å²) in [5, 5.41) is 12.2. The Labute approximate surface area is 116 Å². The van der Waals surface area contributed by atoms with E-state index in [1.54, 1.807) is 31.5 Å². The third kappa shape index (κ3) is 3.17. The molecule has 6 nitrogen and oxygen atoms in total. The van der Waals surface area contributed by atoms with Crippen LogP contribution in [0.5, 0.6) is 5.88 Å². The summed E-state index contributed by atoms with van der Waals surface area (Å²) in [7, 11) is 1.55. The molecule has 0 bridgehead atoms. The van der Waals surface area contributed by atoms with Crippen LogP contribution in [0.3, 0.4) is 0 Å². The molecule has 20 heavy (non-hydrogen) atoms. The van der Waals surface area contributed by atoms with Gasteiger partial charge in [-0.15, -0.1) is 0 Å². The zero-order chi connectivity index (χ0) is 14.5. The van der Waals surface area contributed by atoms with E-state index >= 15 is 0 Å². The van der Waals surface area contributed by atoms with E-state index in [0.717, 1.165) is 5.56 Å². The van der Waals surface area contributed by atoms with Gasteiger partial charge in [-0.3, -0.25) is 0 Å². The van der Waals surface area contributed by atoms with Gasteiger partial charge in [-0.2, -0.15) is 0 Å². The third-order valence-corrected chi connectivity index (χ3v) is 2.76. The van der Waals surface area contributed by atoms with E-state index in [9.17, 15) is 4.79 Å². The van der Waals surface area contributed by atoms with Gasteiger partial charge in [0, 0.05) is 24.5 Å². The van der Waals surface area contributed by atoms with E-state index < -0.39 is 5.97 Å². The highest BCUT2D eigenvalue weighted by Gasteiger charge is 2.10. The average Bonchev–Trinajstić information content (AvgIpc) is 2.45. The maximum Gasteiger partial charge on any atom is 0.337 e. The fourth-order valence-corrected chi connectivity index (χ4v) is 1.73. The van der Waals surface area contributed by atoms with Crippen molar-refractivity contribution in [2.45, 2.75) is 6.54 Å². The summed E-state index contributed by atoms with van der Waals surface area (Å²) >= 11 is 0. The minimum absolute atomic E-state index is 0.181. The molecule has 1 aromatic carbocycles. The lowest BCUT2D eigenvalue weighted by molar-refractivity contribution is 0.0698. The van der Waals surface area contributed by atoms with Gasteiger partial charge in [0.2, 0.25) is 5.88 Å². The summed E-state index contributed by atoms with van der Waals surface area (Å²) in [6.07, 6.45) is 1.67. The van der Waals surface area contributed by atoms with Crippen LogP contribution in [-0.2, 0) is 6.54 Å². The number of benzene rings is 1. The molecule has 6 heteroatoms. The molecule has 0 saturated heterocycles. The van der Waals surface area contributed by atoms with Crippen molar-refractivity contribution in [3.05, 3.63) is 47.7 Å². The Balaban J connectivity index is 2.13. The number of aromatic nitrogens is 1. The van der Waals surface area contributed by atoms with E-state index in [-0.39, 0.29) is 5.56 Å². The van der Waals surface area contributed by atoms with E-state index in [1.165, 1.54) is 6.07 Å². The zero-order valence-corrected chi connectivity index (χ0v) is 11.0. The standard InChI is InChI=1S/C14H15N3O3/c1-20-13-5-2-9(8-17-13)7-16-12-6-10(15)3-4-11(12)14(18)19/h2-6,8,16H,7,15H2,1H3,(H,18,19). The quantitative estimate of drug-likeness (QED) is 0.721. The first-order valence-electron chi connectivity index (χ1n) is 5.96. The average molecular weight is 273 g/mol. The first-order valence-corrected chi connectivity index (χ1v) is 5.96. The van der Waals surface area contributed by atoms with Gasteiger partial charge in [-0.05, 0) is 23.8 Å². The van der Waals surface area contributed by atoms with Crippen LogP contribution in [0.2, 0.25) is 0 Å². The normalized spacial score (nSPS) is 10.1. The van der Waals surface area contributed by atoms with Gasteiger partial charge in [0.05, 0.1) is 18.4 Å². The second-order valence-electron chi connectivity index (χ2n) is 4.17. The van der Waals surface area contributed by atoms with E-state index in [4.69, 9.17) is 15.6 Å². The molecule has 0 atom stereocenters. The number of pyridine rings is 1. The summed E-state index contributed by atoms with van der Waals surface area (Å²) < 4.78 is 4.97. The summed E-state index contributed by atoms with van der Waals surface area (Å²) in [5.74, 6) is -0.468. The zero-order valence-electron chi connectivity index (χ0n) is 11.0. The Kier molecular flexibility index (Phi) is 4.05. The van der Waals surface area contributed by atoms with Crippen molar-refractivity contribution in [3.63, 3.8) is 0 Å². The predicted molar refractivity (Wildman–Crippen MR) is 75.9 cm³/mol. The van der Waals surface area contributed by atoms with Gasteiger partial charge in [0.1, 0.15) is 0 Å². The number of ether oxygens (including phenoxy) is 1. The van der Waals surface area contributed by atoms with Crippen molar-refractivity contribution < 1.29 is 14.6 Å². The van der Waals surface area contributed by atoms with Crippen LogP contribution in [-0.4, -0.2) is 23.2 Å². The first kappa shape index (κ1) is 13.7. The Hall–Kier alpha value is -2.76. The number of rotatable bonds is 5. The van der Waals surface area contributed by atoms with Crippen LogP contribution in [0.15, 0.2) is 36.5 Å². The van der Waals surface area contributed by atoms with E-state index in [0.29, 0.717) is 23.8 Å². The highest BCUT2D eigenvalue weighted by Crippen LogP contribution is 2.20. The number of nitrogen functional groups attached to an aromatic ring is 1. The molecule has 104 valence electrons. The highest BCUT2D eigenvalue weighted by atomic mass is 16.5. The molecule has 2 rings (SSSR count). The van der Waals surface area contributed by atoms with Crippen molar-refractivity contribution in [1.29, 1.82) is 0 Å². The summed E-state index contributed by atoms with van der Waals surface area (Å²) in [6.45, 7) is 0.445. The van der Waals surface area contributed by atoms with Gasteiger partial charge in [-0.25, -0.2) is 9.78 Å². The van der Waals surface area contributed by atoms with Gasteiger partial charge in [-0.1, -0.05) is 6.07 Å². The molecule has 0 saturated carbocycles. The number of carboxylic acid groups (broad SMARTS) is 1. The number of hydrogen-bond acceptors (Lipinski definition) is 5. The third-order valence-electron chi connectivity index (χ3n) is 2.76. The lowest BCUT2D eigenvalue weighted by Gasteiger charge is -2.10. The second-order valence-corrected chi connectivity index (χ2v) is 4.17. The summed E-state index contributed by atoms with van der Waals surface area (Å²) in [6, 6.07) is 8.23. The molecule has 0 unspecified atom stereocenters. The van der Waals surface area contributed by atoms with Crippen LogP contribution in [0.1, 0.15) is 15.9 Å². The fourth-order valence-electron chi connectivity index (χ4n) is 1.73. The monoisotopic (exact) mass is 273 g/mol. The van der Waals surface area contributed by atoms with Gasteiger partial charge in [0.25, 0.3) is 0 Å². The molecule has 0 aliphatic carbocycles. The molecule has 0 spiro atoms. The predicted octanol–water partition coefficient (Wildman–Crippen LogP) is 1.98. The summed E-state index contributed by atoms with van der Waals surface area (Å²) in [5.41, 5.74) is 7.75. The van der Waals surface area contributed by atoms with Crippen LogP contribution < -0.4 is 15.8 Å². The maximum atomic E-state index is 11.1. The van der Waals surface area contributed by atoms with Crippen molar-refractivity contribution in [2.75, 3.05) is 18.2 Å². The number of nitrogens with one attached hydrogen (secondary N) is 1. The second kappa shape index (κ2) is 5.92. The number of hydrogen-bond donors (Lipinski definition) is 3. The number of nitrogens with zero attached hydrogens (tertiary/aromatic N) is 1. The molecular formula is C14H15N3O3. The van der Waals surface area contributed by atoms with Gasteiger partial charge >= 0.3 is 5.97 Å². The van der Waals surface area contributed by atoms with Crippen LogP contribution >= 0.6 is 0 Å². The number of carboxylic acids is 1. The molecule has 1 aromatic heterocycles. The number of carbonyl (C=O) groups is 1. The number of methoxy groups -OCH3 is 1. The molecule has 2 aromatic rings. The molecule has 4 N–H and O–H groups in total. The highest BCUT2D eigenvalue weighted by molar-refractivity contribution is 5.95. The molecule has 0 amide bonds. The SMILES string of the molecule is COc1ccc(CNc2cc(N)ccc2C(=O)O)cn1. The number of aromatic carboxylic acids is 1.